The highest BCUT2D eigenvalue weighted by Crippen LogP contribution is 2.43. The van der Waals surface area contributed by atoms with Gasteiger partial charge in [0.15, 0.2) is 5.82 Å². The molecule has 12 heteroatoms. The van der Waals surface area contributed by atoms with Crippen molar-refractivity contribution in [1.82, 2.24) is 19.4 Å². The molecule has 208 valence electrons. The van der Waals surface area contributed by atoms with E-state index in [1.165, 1.54) is 0 Å². The van der Waals surface area contributed by atoms with Gasteiger partial charge in [0.1, 0.15) is 11.6 Å². The summed E-state index contributed by atoms with van der Waals surface area (Å²) in [5, 5.41) is 9.84. The number of halogens is 2. The van der Waals surface area contributed by atoms with Gasteiger partial charge in [0.2, 0.25) is 10.0 Å². The predicted molar refractivity (Wildman–Crippen MR) is 144 cm³/mol. The van der Waals surface area contributed by atoms with Gasteiger partial charge >= 0.3 is 0 Å². The Bertz CT molecular complexity index is 1480. The number of amides is 1. The molecule has 2 N–H and O–H groups in total. The zero-order valence-electron chi connectivity index (χ0n) is 22.3. The third-order valence-corrected chi connectivity index (χ3v) is 9.60. The van der Waals surface area contributed by atoms with Crippen LogP contribution in [0, 0.1) is 11.6 Å². The molecule has 0 spiro atoms. The Labute approximate surface area is 226 Å². The molecule has 0 atom stereocenters. The number of fused-ring (bicyclic) bond motifs is 1. The lowest BCUT2D eigenvalue weighted by atomic mass is 10.0. The van der Waals surface area contributed by atoms with Crippen molar-refractivity contribution in [2.45, 2.75) is 50.7 Å². The Morgan fingerprint density at radius 1 is 1.03 bits per heavy atom. The Kier molecular flexibility index (Phi) is 6.98. The number of sulfonamides is 1. The van der Waals surface area contributed by atoms with Crippen LogP contribution in [-0.2, 0) is 22.1 Å². The summed E-state index contributed by atoms with van der Waals surface area (Å²) in [7, 11) is -4.27. The third kappa shape index (κ3) is 5.04. The summed E-state index contributed by atoms with van der Waals surface area (Å²) in [4.78, 5) is 17.3. The molecule has 1 fully saturated rings. The van der Waals surface area contributed by atoms with Gasteiger partial charge in [-0.25, -0.2) is 17.2 Å². The van der Waals surface area contributed by atoms with Gasteiger partial charge in [-0.3, -0.25) is 14.8 Å². The molecule has 39 heavy (non-hydrogen) atoms. The first kappa shape index (κ1) is 27.2. The highest BCUT2D eigenvalue weighted by Gasteiger charge is 2.48. The molecule has 5 rings (SSSR count). The summed E-state index contributed by atoms with van der Waals surface area (Å²) < 4.78 is 55.4. The number of anilines is 2. The first-order chi connectivity index (χ1) is 18.4. The Morgan fingerprint density at radius 3 is 2.23 bits per heavy atom. The van der Waals surface area contributed by atoms with Crippen molar-refractivity contribution in [2.24, 2.45) is 0 Å². The van der Waals surface area contributed by atoms with Crippen molar-refractivity contribution in [2.75, 3.05) is 36.4 Å². The fourth-order valence-corrected chi connectivity index (χ4v) is 7.05. The van der Waals surface area contributed by atoms with Crippen molar-refractivity contribution in [3.8, 4) is 0 Å². The summed E-state index contributed by atoms with van der Waals surface area (Å²) >= 11 is 0. The molecule has 3 heterocycles. The maximum atomic E-state index is 13.8. The fraction of sp³-hybridized carbons (Fsp3) is 0.407. The van der Waals surface area contributed by atoms with Crippen LogP contribution < -0.4 is 10.2 Å². The zero-order valence-corrected chi connectivity index (χ0v) is 23.1. The number of H-pyrrole nitrogens is 1. The minimum absolute atomic E-state index is 0.129. The molecule has 0 radical (unpaired) electrons. The number of aromatic nitrogens is 2. The van der Waals surface area contributed by atoms with E-state index < -0.39 is 32.1 Å². The number of aromatic amines is 1. The number of benzene rings is 2. The van der Waals surface area contributed by atoms with Crippen LogP contribution in [0.4, 0.5) is 20.3 Å². The molecule has 2 aromatic carbocycles. The molecule has 0 aliphatic carbocycles. The maximum absolute atomic E-state index is 13.8. The summed E-state index contributed by atoms with van der Waals surface area (Å²) in [5.41, 5.74) is 1.37. The number of rotatable bonds is 6. The molecule has 0 unspecified atom stereocenters. The summed E-state index contributed by atoms with van der Waals surface area (Å²) in [5.74, 6) is -2.14. The maximum Gasteiger partial charge on any atom is 0.256 e. The smallest absolute Gasteiger partial charge is 0.256 e. The number of carbonyl (C=O) groups excluding carboxylic acids is 1. The first-order valence-electron chi connectivity index (χ1n) is 12.8. The van der Waals surface area contributed by atoms with E-state index in [-0.39, 0.29) is 18.3 Å². The lowest BCUT2D eigenvalue weighted by Gasteiger charge is -2.38. The van der Waals surface area contributed by atoms with Crippen LogP contribution in [0.15, 0.2) is 47.4 Å². The van der Waals surface area contributed by atoms with E-state index in [1.54, 1.807) is 26.0 Å². The van der Waals surface area contributed by atoms with Gasteiger partial charge < -0.3 is 10.2 Å². The topological polar surface area (TPSA) is 102 Å². The van der Waals surface area contributed by atoms with Crippen LogP contribution in [0.25, 0.3) is 0 Å². The van der Waals surface area contributed by atoms with Crippen molar-refractivity contribution < 1.29 is 22.0 Å². The highest BCUT2D eigenvalue weighted by molar-refractivity contribution is 7.89. The molecule has 2 aliphatic heterocycles. The van der Waals surface area contributed by atoms with E-state index in [1.807, 2.05) is 12.1 Å². The van der Waals surface area contributed by atoms with Crippen LogP contribution in [0.5, 0.6) is 0 Å². The average Bonchev–Trinajstić information content (AvgIpc) is 3.41. The minimum atomic E-state index is -4.27. The number of piperazine rings is 1. The normalized spacial score (nSPS) is 18.0. The number of nitrogens with zero attached hydrogens (tertiary/aromatic N) is 4. The Hall–Kier alpha value is -3.35. The molecule has 0 bridgehead atoms. The van der Waals surface area contributed by atoms with Gasteiger partial charge in [-0.2, -0.15) is 9.40 Å². The molecule has 9 nitrogen and oxygen atoms in total. The molecule has 2 aliphatic rings. The lowest BCUT2D eigenvalue weighted by molar-refractivity contribution is 0.102. The van der Waals surface area contributed by atoms with Gasteiger partial charge in [0, 0.05) is 61.6 Å². The molecule has 1 amide bonds. The lowest BCUT2D eigenvalue weighted by Crippen LogP contribution is -2.48. The Morgan fingerprint density at radius 2 is 1.64 bits per heavy atom. The number of hydrogen-bond acceptors (Lipinski definition) is 6. The molecule has 3 aromatic rings. The van der Waals surface area contributed by atoms with E-state index in [0.717, 1.165) is 48.3 Å². The van der Waals surface area contributed by atoms with Crippen LogP contribution in [0.1, 0.15) is 49.3 Å². The molecule has 1 aromatic heterocycles. The minimum Gasteiger partial charge on any atom is -0.369 e. The second-order valence-corrected chi connectivity index (χ2v) is 12.6. The second kappa shape index (κ2) is 10.00. The van der Waals surface area contributed by atoms with Crippen molar-refractivity contribution >= 4 is 27.4 Å². The average molecular weight is 559 g/mol. The van der Waals surface area contributed by atoms with E-state index >= 15 is 0 Å². The standard InChI is InChI=1S/C27H32F2N6O3S/c1-17(2)33-9-11-34(12-10-33)21-7-5-18(6-8-21)26(36)30-25-23-16-35(27(3,4)24(23)31-32-25)39(37,38)22-14-19(28)13-20(29)15-22/h5-8,13-15,17H,9-12,16H2,1-4H3,(H2,30,31,32,36). The zero-order chi connectivity index (χ0) is 28.1. The van der Waals surface area contributed by atoms with Gasteiger partial charge in [0.25, 0.3) is 5.91 Å². The Balaban J connectivity index is 1.31. The van der Waals surface area contributed by atoms with Gasteiger partial charge in [-0.1, -0.05) is 0 Å². The van der Waals surface area contributed by atoms with Crippen LogP contribution in [0.2, 0.25) is 0 Å². The molecular weight excluding hydrogens is 526 g/mol. The summed E-state index contributed by atoms with van der Waals surface area (Å²) in [6.07, 6.45) is 0. The highest BCUT2D eigenvalue weighted by atomic mass is 32.2. The van der Waals surface area contributed by atoms with Gasteiger partial charge in [-0.15, -0.1) is 0 Å². The van der Waals surface area contributed by atoms with Crippen molar-refractivity contribution in [3.05, 3.63) is 70.9 Å². The van der Waals surface area contributed by atoms with Gasteiger partial charge in [0.05, 0.1) is 16.1 Å². The predicted octanol–water partition coefficient (Wildman–Crippen LogP) is 3.91. The number of nitrogens with one attached hydrogen (secondary N) is 2. The third-order valence-electron chi connectivity index (χ3n) is 7.60. The second-order valence-electron chi connectivity index (χ2n) is 10.7. The van der Waals surface area contributed by atoms with Crippen LogP contribution in [-0.4, -0.2) is 65.9 Å². The molecule has 1 saturated heterocycles. The van der Waals surface area contributed by atoms with E-state index in [4.69, 9.17) is 0 Å². The van der Waals surface area contributed by atoms with Crippen LogP contribution >= 0.6 is 0 Å². The molecular formula is C27H32F2N6O3S. The quantitative estimate of drug-likeness (QED) is 0.476. The van der Waals surface area contributed by atoms with E-state index in [9.17, 15) is 22.0 Å². The fourth-order valence-electron chi connectivity index (χ4n) is 5.28. The molecule has 0 saturated carbocycles. The summed E-state index contributed by atoms with van der Waals surface area (Å²) in [6.45, 7) is 11.4. The van der Waals surface area contributed by atoms with Crippen molar-refractivity contribution in [3.63, 3.8) is 0 Å². The van der Waals surface area contributed by atoms with Crippen LogP contribution in [0.3, 0.4) is 0 Å². The SMILES string of the molecule is CC(C)N1CCN(c2ccc(C(=O)Nc3n[nH]c4c3CN(S(=O)(=O)c3cc(F)cc(F)c3)C4(C)C)cc2)CC1. The number of carbonyl (C=O) groups is 1. The largest absolute Gasteiger partial charge is 0.369 e. The van der Waals surface area contributed by atoms with E-state index in [0.29, 0.717) is 28.9 Å². The number of hydrogen-bond donors (Lipinski definition) is 2. The van der Waals surface area contributed by atoms with Crippen molar-refractivity contribution in [1.29, 1.82) is 0 Å². The summed E-state index contributed by atoms with van der Waals surface area (Å²) in [6, 6.07) is 10.1. The van der Waals surface area contributed by atoms with Gasteiger partial charge in [-0.05, 0) is 64.1 Å². The first-order valence-corrected chi connectivity index (χ1v) is 14.3. The monoisotopic (exact) mass is 558 g/mol. The van der Waals surface area contributed by atoms with E-state index in [2.05, 4.69) is 39.2 Å².